The Morgan fingerprint density at radius 2 is 1.70 bits per heavy atom. The lowest BCUT2D eigenvalue weighted by Crippen LogP contribution is -2.48. The monoisotopic (exact) mass is 465 g/mol. The standard InChI is InChI=1S/C26H44FN3O3/c1-5-16-30(17-6-2)26(33)9-7-8-25(32)29-23(18-21-10-12-22(27)13-11-21)24(31)19-28-15-14-20(3)4/h10-13,20,23-24,28,31H,5-9,14-19H2,1-4H3,(H,29,32)/t23-,24+/m0/s1. The molecule has 3 N–H and O–H groups in total. The van der Waals surface area contributed by atoms with Gasteiger partial charge in [-0.25, -0.2) is 4.39 Å². The average Bonchev–Trinajstić information content (AvgIpc) is 2.77. The van der Waals surface area contributed by atoms with Gasteiger partial charge in [0.15, 0.2) is 0 Å². The lowest BCUT2D eigenvalue weighted by molar-refractivity contribution is -0.131. The van der Waals surface area contributed by atoms with Gasteiger partial charge in [-0.05, 0) is 62.3 Å². The minimum atomic E-state index is -0.780. The molecule has 1 rings (SSSR count). The number of hydrogen-bond donors (Lipinski definition) is 3. The van der Waals surface area contributed by atoms with Gasteiger partial charge in [0.2, 0.25) is 11.8 Å². The molecule has 0 aliphatic carbocycles. The van der Waals surface area contributed by atoms with Crippen molar-refractivity contribution in [2.24, 2.45) is 5.92 Å². The third-order valence-electron chi connectivity index (χ3n) is 5.57. The van der Waals surface area contributed by atoms with Crippen LogP contribution in [0.2, 0.25) is 0 Å². The van der Waals surface area contributed by atoms with Crippen LogP contribution in [0.1, 0.15) is 71.8 Å². The summed E-state index contributed by atoms with van der Waals surface area (Å²) in [7, 11) is 0. The van der Waals surface area contributed by atoms with Crippen molar-refractivity contribution in [2.45, 2.75) is 84.8 Å². The Labute approximate surface area is 199 Å². The van der Waals surface area contributed by atoms with E-state index in [-0.39, 0.29) is 24.1 Å². The first-order valence-corrected chi connectivity index (χ1v) is 12.5. The summed E-state index contributed by atoms with van der Waals surface area (Å²) in [6.45, 7) is 11.0. The second-order valence-electron chi connectivity index (χ2n) is 9.19. The minimum absolute atomic E-state index is 0.0868. The molecule has 2 atom stereocenters. The van der Waals surface area contributed by atoms with Gasteiger partial charge in [0.05, 0.1) is 12.1 Å². The van der Waals surface area contributed by atoms with E-state index in [1.807, 2.05) is 18.7 Å². The van der Waals surface area contributed by atoms with Crippen molar-refractivity contribution in [2.75, 3.05) is 26.2 Å². The largest absolute Gasteiger partial charge is 0.390 e. The summed E-state index contributed by atoms with van der Waals surface area (Å²) in [5.74, 6) is 0.148. The van der Waals surface area contributed by atoms with Crippen molar-refractivity contribution in [1.82, 2.24) is 15.5 Å². The maximum atomic E-state index is 13.3. The molecule has 0 spiro atoms. The number of nitrogens with zero attached hydrogens (tertiary/aromatic N) is 1. The number of carbonyl (C=O) groups excluding carboxylic acids is 2. The molecule has 0 saturated carbocycles. The van der Waals surface area contributed by atoms with Crippen molar-refractivity contribution < 1.29 is 19.1 Å². The van der Waals surface area contributed by atoms with Crippen LogP contribution in [0.3, 0.4) is 0 Å². The smallest absolute Gasteiger partial charge is 0.222 e. The van der Waals surface area contributed by atoms with Gasteiger partial charge in [-0.15, -0.1) is 0 Å². The fourth-order valence-corrected chi connectivity index (χ4v) is 3.68. The summed E-state index contributed by atoms with van der Waals surface area (Å²) in [6.07, 6.45) is 3.50. The number of carbonyl (C=O) groups is 2. The number of halogens is 1. The van der Waals surface area contributed by atoms with Crippen LogP contribution in [0, 0.1) is 11.7 Å². The highest BCUT2D eigenvalue weighted by Crippen LogP contribution is 2.10. The number of aliphatic hydroxyl groups is 1. The van der Waals surface area contributed by atoms with Gasteiger partial charge in [0.1, 0.15) is 5.82 Å². The second kappa shape index (κ2) is 16.6. The molecule has 0 heterocycles. The Morgan fingerprint density at radius 1 is 1.06 bits per heavy atom. The predicted molar refractivity (Wildman–Crippen MR) is 131 cm³/mol. The fraction of sp³-hybridized carbons (Fsp3) is 0.692. The molecule has 33 heavy (non-hydrogen) atoms. The van der Waals surface area contributed by atoms with Gasteiger partial charge < -0.3 is 20.6 Å². The molecule has 0 saturated heterocycles. The molecule has 2 amide bonds. The van der Waals surface area contributed by atoms with Crippen LogP contribution < -0.4 is 10.6 Å². The Morgan fingerprint density at radius 3 is 2.27 bits per heavy atom. The van der Waals surface area contributed by atoms with Crippen LogP contribution in [0.15, 0.2) is 24.3 Å². The van der Waals surface area contributed by atoms with E-state index in [9.17, 15) is 19.1 Å². The van der Waals surface area contributed by atoms with E-state index in [4.69, 9.17) is 0 Å². The van der Waals surface area contributed by atoms with Crippen LogP contribution in [-0.2, 0) is 16.0 Å². The van der Waals surface area contributed by atoms with E-state index in [1.165, 1.54) is 12.1 Å². The lowest BCUT2D eigenvalue weighted by Gasteiger charge is -2.25. The molecule has 0 aromatic heterocycles. The maximum absolute atomic E-state index is 13.3. The Kier molecular flexibility index (Phi) is 14.6. The van der Waals surface area contributed by atoms with Gasteiger partial charge in [-0.2, -0.15) is 0 Å². The quantitative estimate of drug-likeness (QED) is 0.307. The molecule has 1 aromatic rings. The van der Waals surface area contributed by atoms with E-state index in [0.717, 1.165) is 44.5 Å². The first kappa shape index (κ1) is 29.0. The number of rotatable bonds is 17. The predicted octanol–water partition coefficient (Wildman–Crippen LogP) is 3.67. The van der Waals surface area contributed by atoms with Crippen LogP contribution >= 0.6 is 0 Å². The molecular weight excluding hydrogens is 421 g/mol. The van der Waals surface area contributed by atoms with E-state index in [0.29, 0.717) is 31.7 Å². The normalized spacial score (nSPS) is 13.1. The van der Waals surface area contributed by atoms with Crippen LogP contribution in [0.25, 0.3) is 0 Å². The minimum Gasteiger partial charge on any atom is -0.390 e. The summed E-state index contributed by atoms with van der Waals surface area (Å²) < 4.78 is 13.3. The van der Waals surface area contributed by atoms with Crippen molar-refractivity contribution in [1.29, 1.82) is 0 Å². The van der Waals surface area contributed by atoms with Gasteiger partial charge >= 0.3 is 0 Å². The van der Waals surface area contributed by atoms with Gasteiger partial charge in [0.25, 0.3) is 0 Å². The molecule has 188 valence electrons. The van der Waals surface area contributed by atoms with E-state index >= 15 is 0 Å². The van der Waals surface area contributed by atoms with E-state index in [2.05, 4.69) is 24.5 Å². The van der Waals surface area contributed by atoms with Crippen molar-refractivity contribution >= 4 is 11.8 Å². The maximum Gasteiger partial charge on any atom is 0.222 e. The first-order chi connectivity index (χ1) is 15.8. The highest BCUT2D eigenvalue weighted by molar-refractivity contribution is 5.79. The molecule has 1 aromatic carbocycles. The zero-order valence-corrected chi connectivity index (χ0v) is 20.9. The summed E-state index contributed by atoms with van der Waals surface area (Å²) in [4.78, 5) is 26.9. The third kappa shape index (κ3) is 12.7. The molecule has 0 fully saturated rings. The zero-order valence-electron chi connectivity index (χ0n) is 20.9. The average molecular weight is 466 g/mol. The third-order valence-corrected chi connectivity index (χ3v) is 5.57. The molecule has 7 heteroatoms. The Hall–Kier alpha value is -1.99. The number of aliphatic hydroxyl groups excluding tert-OH is 1. The summed E-state index contributed by atoms with van der Waals surface area (Å²) in [5.41, 5.74) is 0.841. The zero-order chi connectivity index (χ0) is 24.6. The van der Waals surface area contributed by atoms with Crippen molar-refractivity contribution in [3.8, 4) is 0 Å². The van der Waals surface area contributed by atoms with Gasteiger partial charge in [-0.1, -0.05) is 39.8 Å². The lowest BCUT2D eigenvalue weighted by atomic mass is 10.0. The number of benzene rings is 1. The fourth-order valence-electron chi connectivity index (χ4n) is 3.68. The molecule has 0 aliphatic heterocycles. The number of amides is 2. The highest BCUT2D eigenvalue weighted by atomic mass is 19.1. The first-order valence-electron chi connectivity index (χ1n) is 12.5. The van der Waals surface area contributed by atoms with Crippen LogP contribution in [0.5, 0.6) is 0 Å². The molecule has 0 unspecified atom stereocenters. The Bertz CT molecular complexity index is 676. The molecule has 0 aliphatic rings. The van der Waals surface area contributed by atoms with Crippen molar-refractivity contribution in [3.63, 3.8) is 0 Å². The topological polar surface area (TPSA) is 81.7 Å². The van der Waals surface area contributed by atoms with Gasteiger partial charge in [-0.3, -0.25) is 9.59 Å². The highest BCUT2D eigenvalue weighted by Gasteiger charge is 2.22. The van der Waals surface area contributed by atoms with E-state index in [1.54, 1.807) is 12.1 Å². The summed E-state index contributed by atoms with van der Waals surface area (Å²) >= 11 is 0. The molecule has 0 radical (unpaired) electrons. The van der Waals surface area contributed by atoms with Gasteiger partial charge in [0, 0.05) is 32.5 Å². The molecule has 0 bridgehead atoms. The van der Waals surface area contributed by atoms with Crippen molar-refractivity contribution in [3.05, 3.63) is 35.6 Å². The number of nitrogens with one attached hydrogen (secondary N) is 2. The Balaban J connectivity index is 2.62. The SMILES string of the molecule is CCCN(CCC)C(=O)CCCC(=O)N[C@@H](Cc1ccc(F)cc1)[C@H](O)CNCCC(C)C. The molecule has 6 nitrogen and oxygen atoms in total. The summed E-state index contributed by atoms with van der Waals surface area (Å²) in [6, 6.07) is 5.60. The van der Waals surface area contributed by atoms with E-state index < -0.39 is 12.1 Å². The summed E-state index contributed by atoms with van der Waals surface area (Å²) in [5, 5.41) is 16.9. The molecular formula is C26H44FN3O3. The van der Waals surface area contributed by atoms with Crippen LogP contribution in [0.4, 0.5) is 4.39 Å². The van der Waals surface area contributed by atoms with Crippen LogP contribution in [-0.4, -0.2) is 60.1 Å². The number of hydrogen-bond acceptors (Lipinski definition) is 4. The second-order valence-corrected chi connectivity index (χ2v) is 9.19.